The summed E-state index contributed by atoms with van der Waals surface area (Å²) in [5.41, 5.74) is 4.12. The maximum absolute atomic E-state index is 13.8. The molecule has 1 saturated heterocycles. The molecule has 0 aliphatic carbocycles. The molecule has 0 spiro atoms. The topological polar surface area (TPSA) is 3.24 Å². The molecule has 1 atom stereocenters. The highest BCUT2D eigenvalue weighted by molar-refractivity contribution is 5.34. The Kier molecular flexibility index (Phi) is 5.59. The Morgan fingerprint density at radius 3 is 1.76 bits per heavy atom. The fraction of sp³-hybridized carbons (Fsp3) is 0.231. The minimum absolute atomic E-state index is 0.0522. The van der Waals surface area contributed by atoms with Gasteiger partial charge in [0, 0.05) is 25.1 Å². The summed E-state index contributed by atoms with van der Waals surface area (Å²) in [7, 11) is 0. The van der Waals surface area contributed by atoms with E-state index in [4.69, 9.17) is 0 Å². The third kappa shape index (κ3) is 4.15. The fourth-order valence-electron chi connectivity index (χ4n) is 4.57. The molecule has 29 heavy (non-hydrogen) atoms. The van der Waals surface area contributed by atoms with E-state index in [-0.39, 0.29) is 17.9 Å². The second-order valence-corrected chi connectivity index (χ2v) is 7.96. The van der Waals surface area contributed by atoms with Crippen LogP contribution < -0.4 is 0 Å². The number of benzene rings is 3. The molecule has 1 fully saturated rings. The van der Waals surface area contributed by atoms with E-state index in [1.807, 2.05) is 19.1 Å². The Balaban J connectivity index is 1.59. The van der Waals surface area contributed by atoms with Gasteiger partial charge in [-0.2, -0.15) is 0 Å². The summed E-state index contributed by atoms with van der Waals surface area (Å²) < 4.78 is 27.6. The van der Waals surface area contributed by atoms with Gasteiger partial charge in [-0.3, -0.25) is 4.90 Å². The van der Waals surface area contributed by atoms with Gasteiger partial charge in [-0.15, -0.1) is 0 Å². The highest BCUT2D eigenvalue weighted by Crippen LogP contribution is 2.42. The zero-order valence-electron chi connectivity index (χ0n) is 16.6. The number of nitrogens with zero attached hydrogens (tertiary/aromatic N) is 1. The molecular weight excluding hydrogens is 364 g/mol. The molecule has 0 bridgehead atoms. The number of halogens is 2. The minimum Gasteiger partial charge on any atom is -0.292 e. The zero-order valence-corrected chi connectivity index (χ0v) is 16.6. The number of allylic oxidation sites excluding steroid dienone is 1. The Morgan fingerprint density at radius 1 is 0.828 bits per heavy atom. The molecule has 1 aliphatic rings. The van der Waals surface area contributed by atoms with Gasteiger partial charge < -0.3 is 0 Å². The van der Waals surface area contributed by atoms with Crippen molar-refractivity contribution in [3.8, 4) is 0 Å². The monoisotopic (exact) mass is 389 g/mol. The van der Waals surface area contributed by atoms with Gasteiger partial charge in [-0.1, -0.05) is 72.8 Å². The maximum atomic E-state index is 13.8. The summed E-state index contributed by atoms with van der Waals surface area (Å²) in [6, 6.07) is 24.9. The van der Waals surface area contributed by atoms with E-state index in [2.05, 4.69) is 60.0 Å². The van der Waals surface area contributed by atoms with Gasteiger partial charge in [-0.25, -0.2) is 8.78 Å². The van der Waals surface area contributed by atoms with Crippen molar-refractivity contribution in [2.24, 2.45) is 5.92 Å². The standard InChI is InChI=1S/C26H25F2N/c1-18(2)25(21-13-23(27)15-24(28)14-21)22-16-29(17-22)26(19-9-5-3-6-10-19)20-11-7-4-8-12-20/h3-15,22,25-26H,1,16-17H2,2H3. The molecule has 3 aromatic rings. The van der Waals surface area contributed by atoms with E-state index in [0.29, 0.717) is 5.56 Å². The SMILES string of the molecule is C=C(C)C(c1cc(F)cc(F)c1)C1CN(C(c2ccccc2)c2ccccc2)C1. The van der Waals surface area contributed by atoms with Crippen molar-refractivity contribution in [1.29, 1.82) is 0 Å². The van der Waals surface area contributed by atoms with Crippen LogP contribution in [0.4, 0.5) is 8.78 Å². The van der Waals surface area contributed by atoms with Gasteiger partial charge >= 0.3 is 0 Å². The lowest BCUT2D eigenvalue weighted by Gasteiger charge is -2.48. The van der Waals surface area contributed by atoms with Crippen molar-refractivity contribution in [3.05, 3.63) is 119 Å². The van der Waals surface area contributed by atoms with Crippen molar-refractivity contribution < 1.29 is 8.78 Å². The molecule has 1 aliphatic heterocycles. The third-order valence-corrected chi connectivity index (χ3v) is 5.78. The third-order valence-electron chi connectivity index (χ3n) is 5.78. The van der Waals surface area contributed by atoms with E-state index in [0.717, 1.165) is 24.7 Å². The number of hydrogen-bond donors (Lipinski definition) is 0. The van der Waals surface area contributed by atoms with Crippen LogP contribution in [0.1, 0.15) is 35.6 Å². The summed E-state index contributed by atoms with van der Waals surface area (Å²) in [6.07, 6.45) is 0. The molecule has 1 nitrogen and oxygen atoms in total. The quantitative estimate of drug-likeness (QED) is 0.444. The van der Waals surface area contributed by atoms with Crippen LogP contribution in [0.25, 0.3) is 0 Å². The number of rotatable bonds is 6. The van der Waals surface area contributed by atoms with Crippen LogP contribution in [0.15, 0.2) is 91.0 Å². The lowest BCUT2D eigenvalue weighted by Crippen LogP contribution is -2.51. The summed E-state index contributed by atoms with van der Waals surface area (Å²) in [4.78, 5) is 2.43. The van der Waals surface area contributed by atoms with Crippen molar-refractivity contribution >= 4 is 0 Å². The molecule has 4 rings (SSSR count). The maximum Gasteiger partial charge on any atom is 0.126 e. The number of hydrogen-bond acceptors (Lipinski definition) is 1. The number of likely N-dealkylation sites (tertiary alicyclic amines) is 1. The lowest BCUT2D eigenvalue weighted by molar-refractivity contribution is 0.0581. The predicted octanol–water partition coefficient (Wildman–Crippen LogP) is 6.35. The lowest BCUT2D eigenvalue weighted by atomic mass is 9.76. The van der Waals surface area contributed by atoms with E-state index in [1.54, 1.807) is 0 Å². The molecule has 1 unspecified atom stereocenters. The first-order valence-electron chi connectivity index (χ1n) is 9.98. The second-order valence-electron chi connectivity index (χ2n) is 7.96. The Hall–Kier alpha value is -2.78. The first-order chi connectivity index (χ1) is 14.0. The first kappa shape index (κ1) is 19.5. The molecule has 3 heteroatoms. The molecule has 0 amide bonds. The van der Waals surface area contributed by atoms with Crippen LogP contribution >= 0.6 is 0 Å². The zero-order chi connectivity index (χ0) is 20.4. The molecule has 0 radical (unpaired) electrons. The van der Waals surface area contributed by atoms with Gasteiger partial charge in [0.25, 0.3) is 0 Å². The van der Waals surface area contributed by atoms with Crippen LogP contribution in [-0.4, -0.2) is 18.0 Å². The Morgan fingerprint density at radius 2 is 1.31 bits per heavy atom. The summed E-state index contributed by atoms with van der Waals surface area (Å²) in [6.45, 7) is 7.77. The molecule has 0 aromatic heterocycles. The van der Waals surface area contributed by atoms with E-state index >= 15 is 0 Å². The smallest absolute Gasteiger partial charge is 0.126 e. The average molecular weight is 389 g/mol. The summed E-state index contributed by atoms with van der Waals surface area (Å²) in [5, 5.41) is 0. The normalized spacial score (nSPS) is 15.9. The molecule has 148 valence electrons. The first-order valence-corrected chi connectivity index (χ1v) is 9.98. The second kappa shape index (κ2) is 8.30. The van der Waals surface area contributed by atoms with E-state index in [1.165, 1.54) is 23.3 Å². The van der Waals surface area contributed by atoms with Gasteiger partial charge in [0.2, 0.25) is 0 Å². The largest absolute Gasteiger partial charge is 0.292 e. The highest BCUT2D eigenvalue weighted by atomic mass is 19.1. The minimum atomic E-state index is -0.533. The van der Waals surface area contributed by atoms with Crippen molar-refractivity contribution in [3.63, 3.8) is 0 Å². The molecule has 1 heterocycles. The predicted molar refractivity (Wildman–Crippen MR) is 114 cm³/mol. The van der Waals surface area contributed by atoms with Crippen molar-refractivity contribution in [2.45, 2.75) is 18.9 Å². The van der Waals surface area contributed by atoms with E-state index < -0.39 is 11.6 Å². The molecule has 0 saturated carbocycles. The van der Waals surface area contributed by atoms with Gasteiger partial charge in [-0.05, 0) is 41.7 Å². The van der Waals surface area contributed by atoms with E-state index in [9.17, 15) is 8.78 Å². The Labute approximate surface area is 171 Å². The van der Waals surface area contributed by atoms with Crippen LogP contribution in [0.3, 0.4) is 0 Å². The molecule has 0 N–H and O–H groups in total. The van der Waals surface area contributed by atoms with Gasteiger partial charge in [0.1, 0.15) is 11.6 Å². The fourth-order valence-corrected chi connectivity index (χ4v) is 4.57. The molecular formula is C26H25F2N. The van der Waals surface area contributed by atoms with Gasteiger partial charge in [0.15, 0.2) is 0 Å². The Bertz CT molecular complexity index is 918. The van der Waals surface area contributed by atoms with Crippen molar-refractivity contribution in [2.75, 3.05) is 13.1 Å². The molecule has 3 aromatic carbocycles. The van der Waals surface area contributed by atoms with Crippen molar-refractivity contribution in [1.82, 2.24) is 4.90 Å². The highest BCUT2D eigenvalue weighted by Gasteiger charge is 2.39. The van der Waals surface area contributed by atoms with Crippen LogP contribution in [-0.2, 0) is 0 Å². The average Bonchev–Trinajstić information content (AvgIpc) is 2.67. The van der Waals surface area contributed by atoms with Crippen LogP contribution in [0.2, 0.25) is 0 Å². The van der Waals surface area contributed by atoms with Gasteiger partial charge in [0.05, 0.1) is 6.04 Å². The van der Waals surface area contributed by atoms with Crippen LogP contribution in [0, 0.1) is 17.6 Å². The summed E-state index contributed by atoms with van der Waals surface area (Å²) >= 11 is 0. The summed E-state index contributed by atoms with van der Waals surface area (Å²) in [5.74, 6) is -0.838. The van der Waals surface area contributed by atoms with Crippen LogP contribution in [0.5, 0.6) is 0 Å².